The Kier molecular flexibility index (Phi) is 4.56. The molecule has 3 fully saturated rings. The van der Waals surface area contributed by atoms with Gasteiger partial charge in [-0.1, -0.05) is 0 Å². The van der Waals surface area contributed by atoms with Gasteiger partial charge in [0.05, 0.1) is 0 Å². The van der Waals surface area contributed by atoms with E-state index < -0.39 is 0 Å². The van der Waals surface area contributed by atoms with Crippen molar-refractivity contribution in [2.24, 2.45) is 5.41 Å². The molecule has 2 aliphatic heterocycles. The molecule has 2 amide bonds. The minimum Gasteiger partial charge on any atom is -0.341 e. The first-order valence-corrected chi connectivity index (χ1v) is 9.99. The summed E-state index contributed by atoms with van der Waals surface area (Å²) in [6.07, 6.45) is 5.72. The van der Waals surface area contributed by atoms with Gasteiger partial charge in [0, 0.05) is 48.9 Å². The smallest absolute Gasteiger partial charge is 0.341 e. The van der Waals surface area contributed by atoms with Crippen molar-refractivity contribution in [2.45, 2.75) is 65.0 Å². The molecule has 0 radical (unpaired) electrons. The Morgan fingerprint density at radius 2 is 2.00 bits per heavy atom. The summed E-state index contributed by atoms with van der Waals surface area (Å²) in [6, 6.07) is 2.26. The molecule has 1 aromatic rings. The second-order valence-electron chi connectivity index (χ2n) is 8.58. The van der Waals surface area contributed by atoms with Crippen LogP contribution in [0.15, 0.2) is 10.9 Å². The normalized spacial score (nSPS) is 25.9. The van der Waals surface area contributed by atoms with Crippen LogP contribution in [0.1, 0.15) is 49.9 Å². The summed E-state index contributed by atoms with van der Waals surface area (Å²) in [6.45, 7) is 5.86. The minimum absolute atomic E-state index is 0.0238. The third kappa shape index (κ3) is 3.64. The van der Waals surface area contributed by atoms with Crippen LogP contribution < -0.4 is 5.69 Å². The number of piperidine rings is 2. The van der Waals surface area contributed by atoms with Gasteiger partial charge in [0.1, 0.15) is 6.54 Å². The molecule has 1 spiro atoms. The second kappa shape index (κ2) is 6.77. The number of likely N-dealkylation sites (tertiary alicyclic amines) is 2. The first-order chi connectivity index (χ1) is 12.9. The Labute approximate surface area is 159 Å². The highest BCUT2D eigenvalue weighted by atomic mass is 16.2. The minimum atomic E-state index is -0.365. The lowest BCUT2D eigenvalue weighted by molar-refractivity contribution is -0.143. The van der Waals surface area contributed by atoms with E-state index in [2.05, 4.69) is 9.88 Å². The van der Waals surface area contributed by atoms with E-state index in [0.717, 1.165) is 50.9 Å². The monoisotopic (exact) mass is 372 g/mol. The molecule has 3 heterocycles. The van der Waals surface area contributed by atoms with Crippen LogP contribution in [0.4, 0.5) is 0 Å². The van der Waals surface area contributed by atoms with E-state index in [-0.39, 0.29) is 29.5 Å². The maximum atomic E-state index is 12.9. The predicted molar refractivity (Wildman–Crippen MR) is 100 cm³/mol. The first kappa shape index (κ1) is 18.2. The zero-order valence-electron chi connectivity index (χ0n) is 16.2. The lowest BCUT2D eigenvalue weighted by Crippen LogP contribution is -2.56. The van der Waals surface area contributed by atoms with E-state index in [0.29, 0.717) is 24.7 Å². The number of carbonyl (C=O) groups excluding carboxylic acids is 2. The number of aromatic nitrogens is 2. The lowest BCUT2D eigenvalue weighted by atomic mass is 9.73. The molecule has 0 aromatic carbocycles. The Morgan fingerprint density at radius 1 is 1.22 bits per heavy atom. The molecule has 7 nitrogen and oxygen atoms in total. The SMILES string of the molecule is Cc1cc(C)n(CC(=O)N2CCCC3(CCC(=O)N(C4CC4)C3)C2)c(=O)n1. The second-order valence-corrected chi connectivity index (χ2v) is 8.58. The van der Waals surface area contributed by atoms with Crippen LogP contribution in [-0.4, -0.2) is 56.8 Å². The van der Waals surface area contributed by atoms with Gasteiger partial charge in [-0.05, 0) is 52.0 Å². The van der Waals surface area contributed by atoms with Crippen molar-refractivity contribution in [1.29, 1.82) is 0 Å². The highest BCUT2D eigenvalue weighted by Gasteiger charge is 2.46. The van der Waals surface area contributed by atoms with Crippen LogP contribution in [0.5, 0.6) is 0 Å². The molecule has 146 valence electrons. The average molecular weight is 372 g/mol. The number of nitrogens with zero attached hydrogens (tertiary/aromatic N) is 4. The molecule has 2 saturated heterocycles. The highest BCUT2D eigenvalue weighted by molar-refractivity contribution is 5.78. The molecular weight excluding hydrogens is 344 g/mol. The van der Waals surface area contributed by atoms with Gasteiger partial charge in [-0.3, -0.25) is 14.2 Å². The van der Waals surface area contributed by atoms with Gasteiger partial charge < -0.3 is 9.80 Å². The predicted octanol–water partition coefficient (Wildman–Crippen LogP) is 1.25. The maximum Gasteiger partial charge on any atom is 0.348 e. The van der Waals surface area contributed by atoms with E-state index in [1.165, 1.54) is 4.57 Å². The summed E-state index contributed by atoms with van der Waals surface area (Å²) in [4.78, 5) is 45.3. The summed E-state index contributed by atoms with van der Waals surface area (Å²) in [5.41, 5.74) is 1.09. The van der Waals surface area contributed by atoms with E-state index in [4.69, 9.17) is 0 Å². The summed E-state index contributed by atoms with van der Waals surface area (Å²) >= 11 is 0. The van der Waals surface area contributed by atoms with E-state index in [9.17, 15) is 14.4 Å². The van der Waals surface area contributed by atoms with Gasteiger partial charge in [-0.15, -0.1) is 0 Å². The summed E-state index contributed by atoms with van der Waals surface area (Å²) in [5, 5.41) is 0. The maximum absolute atomic E-state index is 12.9. The van der Waals surface area contributed by atoms with Crippen molar-refractivity contribution in [3.8, 4) is 0 Å². The largest absolute Gasteiger partial charge is 0.348 e. The zero-order chi connectivity index (χ0) is 19.2. The Morgan fingerprint density at radius 3 is 2.70 bits per heavy atom. The van der Waals surface area contributed by atoms with E-state index in [1.54, 1.807) is 6.92 Å². The molecule has 0 N–H and O–H groups in total. The standard InChI is InChI=1S/C20H28N4O3/c1-14-10-15(2)23(19(27)21-14)11-18(26)22-9-3-7-20(12-22)8-6-17(25)24(13-20)16-4-5-16/h10,16H,3-9,11-13H2,1-2H3. The molecule has 1 unspecified atom stereocenters. The number of aryl methyl sites for hydroxylation is 2. The molecule has 1 saturated carbocycles. The summed E-state index contributed by atoms with van der Waals surface area (Å²) in [5.74, 6) is 0.249. The molecular formula is C20H28N4O3. The van der Waals surface area contributed by atoms with Crippen LogP contribution in [0, 0.1) is 19.3 Å². The average Bonchev–Trinajstić information content (AvgIpc) is 3.45. The molecule has 1 aliphatic carbocycles. The van der Waals surface area contributed by atoms with E-state index >= 15 is 0 Å². The van der Waals surface area contributed by atoms with Crippen LogP contribution in [-0.2, 0) is 16.1 Å². The highest BCUT2D eigenvalue weighted by Crippen LogP contribution is 2.42. The van der Waals surface area contributed by atoms with Crippen LogP contribution in [0.3, 0.4) is 0 Å². The molecule has 4 rings (SSSR count). The number of hydrogen-bond donors (Lipinski definition) is 0. The van der Waals surface area contributed by atoms with Gasteiger partial charge in [0.25, 0.3) is 0 Å². The number of rotatable bonds is 3. The Hall–Kier alpha value is -2.18. The molecule has 3 aliphatic rings. The molecule has 1 atom stereocenters. The lowest BCUT2D eigenvalue weighted by Gasteiger charge is -2.48. The zero-order valence-corrected chi connectivity index (χ0v) is 16.2. The van der Waals surface area contributed by atoms with Crippen molar-refractivity contribution >= 4 is 11.8 Å². The fourth-order valence-corrected chi connectivity index (χ4v) is 4.72. The van der Waals surface area contributed by atoms with Crippen molar-refractivity contribution in [3.05, 3.63) is 27.9 Å². The van der Waals surface area contributed by atoms with Gasteiger partial charge in [0.15, 0.2) is 0 Å². The van der Waals surface area contributed by atoms with Crippen molar-refractivity contribution in [2.75, 3.05) is 19.6 Å². The number of amides is 2. The van der Waals surface area contributed by atoms with Crippen molar-refractivity contribution in [3.63, 3.8) is 0 Å². The Bertz CT molecular complexity index is 829. The van der Waals surface area contributed by atoms with E-state index in [1.807, 2.05) is 17.9 Å². The third-order valence-corrected chi connectivity index (χ3v) is 6.34. The van der Waals surface area contributed by atoms with Gasteiger partial charge in [0.2, 0.25) is 11.8 Å². The fourth-order valence-electron chi connectivity index (χ4n) is 4.72. The Balaban J connectivity index is 1.47. The molecule has 7 heteroatoms. The van der Waals surface area contributed by atoms with Crippen LogP contribution in [0.2, 0.25) is 0 Å². The molecule has 0 bridgehead atoms. The molecule has 1 aromatic heterocycles. The van der Waals surface area contributed by atoms with Gasteiger partial charge in [-0.2, -0.15) is 4.98 Å². The first-order valence-electron chi connectivity index (χ1n) is 9.99. The van der Waals surface area contributed by atoms with Crippen molar-refractivity contribution in [1.82, 2.24) is 19.4 Å². The third-order valence-electron chi connectivity index (χ3n) is 6.34. The topological polar surface area (TPSA) is 75.5 Å². The fraction of sp³-hybridized carbons (Fsp3) is 0.700. The van der Waals surface area contributed by atoms with Gasteiger partial charge >= 0.3 is 5.69 Å². The quantitative estimate of drug-likeness (QED) is 0.800. The molecule has 27 heavy (non-hydrogen) atoms. The van der Waals surface area contributed by atoms with Crippen LogP contribution in [0.25, 0.3) is 0 Å². The van der Waals surface area contributed by atoms with Gasteiger partial charge in [-0.25, -0.2) is 4.79 Å². The number of hydrogen-bond acceptors (Lipinski definition) is 4. The van der Waals surface area contributed by atoms with Crippen molar-refractivity contribution < 1.29 is 9.59 Å². The summed E-state index contributed by atoms with van der Waals surface area (Å²) in [7, 11) is 0. The van der Waals surface area contributed by atoms with Crippen LogP contribution >= 0.6 is 0 Å². The number of carbonyl (C=O) groups is 2. The summed E-state index contributed by atoms with van der Waals surface area (Å²) < 4.78 is 1.46.